The highest BCUT2D eigenvalue weighted by atomic mass is 15.3. The second kappa shape index (κ2) is 6.90. The SMILES string of the molecule is CCc1cc(CC(NC)c2c(C)cccc2C)n(CC)n1. The molecule has 0 aliphatic rings. The lowest BCUT2D eigenvalue weighted by molar-refractivity contribution is 0.537. The molecular weight excluding hydrogens is 258 g/mol. The molecule has 0 spiro atoms. The fourth-order valence-electron chi connectivity index (χ4n) is 3.06. The molecule has 1 heterocycles. The van der Waals surface area contributed by atoms with Crippen LogP contribution in [0, 0.1) is 13.8 Å². The minimum atomic E-state index is 0.331. The Bertz CT molecular complexity index is 578. The van der Waals surface area contributed by atoms with Crippen molar-refractivity contribution in [1.29, 1.82) is 0 Å². The summed E-state index contributed by atoms with van der Waals surface area (Å²) in [6, 6.07) is 9.11. The third kappa shape index (κ3) is 3.35. The Morgan fingerprint density at radius 1 is 1.19 bits per heavy atom. The first-order valence-electron chi connectivity index (χ1n) is 7.89. The summed E-state index contributed by atoms with van der Waals surface area (Å²) in [7, 11) is 2.05. The summed E-state index contributed by atoms with van der Waals surface area (Å²) in [5, 5.41) is 8.15. The highest BCUT2D eigenvalue weighted by molar-refractivity contribution is 5.37. The summed E-state index contributed by atoms with van der Waals surface area (Å²) >= 11 is 0. The molecule has 0 saturated heterocycles. The minimum absolute atomic E-state index is 0.331. The van der Waals surface area contributed by atoms with E-state index in [-0.39, 0.29) is 0 Å². The number of nitrogens with zero attached hydrogens (tertiary/aromatic N) is 2. The smallest absolute Gasteiger partial charge is 0.0624 e. The van der Waals surface area contributed by atoms with Gasteiger partial charge in [0.1, 0.15) is 0 Å². The van der Waals surface area contributed by atoms with Crippen molar-refractivity contribution in [3.63, 3.8) is 0 Å². The molecule has 114 valence electrons. The summed E-state index contributed by atoms with van der Waals surface area (Å²) in [5.41, 5.74) is 6.63. The van der Waals surface area contributed by atoms with Crippen molar-refractivity contribution in [2.45, 2.75) is 53.1 Å². The Hall–Kier alpha value is -1.61. The van der Waals surface area contributed by atoms with E-state index in [0.717, 1.165) is 19.4 Å². The van der Waals surface area contributed by atoms with E-state index in [1.165, 1.54) is 28.1 Å². The molecule has 21 heavy (non-hydrogen) atoms. The summed E-state index contributed by atoms with van der Waals surface area (Å²) in [6.07, 6.45) is 1.97. The van der Waals surface area contributed by atoms with Gasteiger partial charge >= 0.3 is 0 Å². The van der Waals surface area contributed by atoms with Crippen molar-refractivity contribution in [3.05, 3.63) is 52.3 Å². The normalized spacial score (nSPS) is 12.6. The molecule has 0 fully saturated rings. The molecular formula is C18H27N3. The second-order valence-electron chi connectivity index (χ2n) is 5.65. The highest BCUT2D eigenvalue weighted by Gasteiger charge is 2.17. The van der Waals surface area contributed by atoms with Crippen LogP contribution < -0.4 is 5.32 Å². The van der Waals surface area contributed by atoms with Crippen LogP contribution in [0.15, 0.2) is 24.3 Å². The topological polar surface area (TPSA) is 29.9 Å². The Kier molecular flexibility index (Phi) is 5.18. The first-order chi connectivity index (χ1) is 10.1. The first-order valence-corrected chi connectivity index (χ1v) is 7.89. The zero-order valence-corrected chi connectivity index (χ0v) is 13.9. The van der Waals surface area contributed by atoms with Gasteiger partial charge in [-0.05, 0) is 57.0 Å². The molecule has 1 N–H and O–H groups in total. The maximum absolute atomic E-state index is 4.66. The Morgan fingerprint density at radius 2 is 1.86 bits per heavy atom. The summed E-state index contributed by atoms with van der Waals surface area (Å²) in [6.45, 7) is 9.64. The minimum Gasteiger partial charge on any atom is -0.313 e. The van der Waals surface area contributed by atoms with Crippen molar-refractivity contribution in [2.75, 3.05) is 7.05 Å². The van der Waals surface area contributed by atoms with E-state index in [1.54, 1.807) is 0 Å². The molecule has 0 aliphatic carbocycles. The number of nitrogens with one attached hydrogen (secondary N) is 1. The molecule has 1 aromatic carbocycles. The molecule has 3 nitrogen and oxygen atoms in total. The van der Waals surface area contributed by atoms with Crippen molar-refractivity contribution in [2.24, 2.45) is 0 Å². The van der Waals surface area contributed by atoms with Crippen LogP contribution in [0.2, 0.25) is 0 Å². The lowest BCUT2D eigenvalue weighted by Crippen LogP contribution is -2.22. The average Bonchev–Trinajstić information content (AvgIpc) is 2.88. The number of hydrogen-bond acceptors (Lipinski definition) is 2. The number of rotatable bonds is 6. The Morgan fingerprint density at radius 3 is 2.38 bits per heavy atom. The second-order valence-corrected chi connectivity index (χ2v) is 5.65. The molecule has 3 heteroatoms. The summed E-state index contributed by atoms with van der Waals surface area (Å²) < 4.78 is 2.14. The average molecular weight is 285 g/mol. The van der Waals surface area contributed by atoms with Gasteiger partial charge in [0, 0.05) is 24.7 Å². The summed E-state index contributed by atoms with van der Waals surface area (Å²) in [4.78, 5) is 0. The van der Waals surface area contributed by atoms with Crippen LogP contribution in [-0.2, 0) is 19.4 Å². The van der Waals surface area contributed by atoms with Crippen molar-refractivity contribution in [3.8, 4) is 0 Å². The molecule has 2 rings (SSSR count). The van der Waals surface area contributed by atoms with Crippen LogP contribution in [0.25, 0.3) is 0 Å². The molecule has 1 aromatic heterocycles. The predicted octanol–water partition coefficient (Wildman–Crippen LogP) is 3.59. The number of likely N-dealkylation sites (N-methyl/N-ethyl adjacent to an activating group) is 1. The van der Waals surface area contributed by atoms with E-state index in [9.17, 15) is 0 Å². The van der Waals surface area contributed by atoms with Gasteiger partial charge in [-0.25, -0.2) is 0 Å². The van der Waals surface area contributed by atoms with Crippen molar-refractivity contribution in [1.82, 2.24) is 15.1 Å². The van der Waals surface area contributed by atoms with Crippen molar-refractivity contribution >= 4 is 0 Å². The van der Waals surface area contributed by atoms with Crippen LogP contribution in [-0.4, -0.2) is 16.8 Å². The standard InChI is InChI=1S/C18H27N3/c1-6-15-11-16(21(7-2)20-15)12-17(19-5)18-13(3)9-8-10-14(18)4/h8-11,17,19H,6-7,12H2,1-5H3. The van der Waals surface area contributed by atoms with Gasteiger partial charge in [-0.15, -0.1) is 0 Å². The molecule has 1 atom stereocenters. The van der Waals surface area contributed by atoms with Gasteiger partial charge in [-0.1, -0.05) is 25.1 Å². The van der Waals surface area contributed by atoms with Gasteiger partial charge in [0.05, 0.1) is 5.69 Å². The maximum atomic E-state index is 4.66. The molecule has 2 aromatic rings. The van der Waals surface area contributed by atoms with Crippen LogP contribution in [0.3, 0.4) is 0 Å². The van der Waals surface area contributed by atoms with Gasteiger partial charge in [-0.3, -0.25) is 4.68 Å². The fraction of sp³-hybridized carbons (Fsp3) is 0.500. The Balaban J connectivity index is 2.33. The Labute approximate surface area is 128 Å². The zero-order chi connectivity index (χ0) is 15.4. The number of aromatic nitrogens is 2. The molecule has 0 saturated carbocycles. The van der Waals surface area contributed by atoms with Gasteiger partial charge in [-0.2, -0.15) is 5.10 Å². The first kappa shape index (κ1) is 15.8. The zero-order valence-electron chi connectivity index (χ0n) is 13.9. The predicted molar refractivity (Wildman–Crippen MR) is 88.7 cm³/mol. The maximum Gasteiger partial charge on any atom is 0.0624 e. The third-order valence-corrected chi connectivity index (χ3v) is 4.23. The van der Waals surface area contributed by atoms with Crippen LogP contribution in [0.5, 0.6) is 0 Å². The lowest BCUT2D eigenvalue weighted by Gasteiger charge is -2.21. The van der Waals surface area contributed by atoms with E-state index < -0.39 is 0 Å². The van der Waals surface area contributed by atoms with E-state index in [0.29, 0.717) is 6.04 Å². The van der Waals surface area contributed by atoms with Crippen LogP contribution in [0.4, 0.5) is 0 Å². The largest absolute Gasteiger partial charge is 0.313 e. The van der Waals surface area contributed by atoms with E-state index >= 15 is 0 Å². The quantitative estimate of drug-likeness (QED) is 0.879. The van der Waals surface area contributed by atoms with E-state index in [2.05, 4.69) is 67.1 Å². The number of benzene rings is 1. The lowest BCUT2D eigenvalue weighted by atomic mass is 9.93. The third-order valence-electron chi connectivity index (χ3n) is 4.23. The van der Waals surface area contributed by atoms with Crippen LogP contribution >= 0.6 is 0 Å². The summed E-state index contributed by atoms with van der Waals surface area (Å²) in [5.74, 6) is 0. The van der Waals surface area contributed by atoms with Crippen molar-refractivity contribution < 1.29 is 0 Å². The van der Waals surface area contributed by atoms with Gasteiger partial charge in [0.15, 0.2) is 0 Å². The number of aryl methyl sites for hydroxylation is 4. The molecule has 0 amide bonds. The van der Waals surface area contributed by atoms with E-state index in [4.69, 9.17) is 0 Å². The molecule has 0 bridgehead atoms. The molecule has 0 radical (unpaired) electrons. The monoisotopic (exact) mass is 285 g/mol. The van der Waals surface area contributed by atoms with Crippen LogP contribution in [0.1, 0.15) is 48.0 Å². The molecule has 0 aliphatic heterocycles. The molecule has 1 unspecified atom stereocenters. The van der Waals surface area contributed by atoms with Gasteiger partial charge in [0.25, 0.3) is 0 Å². The number of hydrogen-bond donors (Lipinski definition) is 1. The van der Waals surface area contributed by atoms with Gasteiger partial charge in [0.2, 0.25) is 0 Å². The van der Waals surface area contributed by atoms with Gasteiger partial charge < -0.3 is 5.32 Å². The fourth-order valence-corrected chi connectivity index (χ4v) is 3.06. The van der Waals surface area contributed by atoms with E-state index in [1.807, 2.05) is 7.05 Å². The highest BCUT2D eigenvalue weighted by Crippen LogP contribution is 2.25.